The highest BCUT2D eigenvalue weighted by molar-refractivity contribution is 7.99. The molecule has 0 amide bonds. The summed E-state index contributed by atoms with van der Waals surface area (Å²) in [4.78, 5) is 11.9. The first-order valence-corrected chi connectivity index (χ1v) is 6.07. The van der Waals surface area contributed by atoms with Crippen LogP contribution in [-0.4, -0.2) is 19.9 Å². The summed E-state index contributed by atoms with van der Waals surface area (Å²) in [6.45, 7) is 1.56. The Morgan fingerprint density at radius 1 is 1.56 bits per heavy atom. The molecule has 0 saturated heterocycles. The maximum atomic E-state index is 13.1. The van der Waals surface area contributed by atoms with Crippen LogP contribution in [0.1, 0.15) is 18.6 Å². The summed E-state index contributed by atoms with van der Waals surface area (Å²) in [6.07, 6.45) is -0.792. The molecule has 5 nitrogen and oxygen atoms in total. The number of hydrogen-bond donors (Lipinski definition) is 2. The van der Waals surface area contributed by atoms with Crippen molar-refractivity contribution in [3.63, 3.8) is 0 Å². The molecular weight excluding hydrogens is 257 g/mol. The van der Waals surface area contributed by atoms with Crippen molar-refractivity contribution in [2.45, 2.75) is 23.1 Å². The highest BCUT2D eigenvalue weighted by atomic mass is 32.2. The smallest absolute Gasteiger partial charge is 0.343 e. The van der Waals surface area contributed by atoms with Gasteiger partial charge in [0.2, 0.25) is 0 Å². The molecule has 0 fully saturated rings. The zero-order chi connectivity index (χ0) is 13.3. The second-order valence-electron chi connectivity index (χ2n) is 3.83. The van der Waals surface area contributed by atoms with Crippen LogP contribution >= 0.6 is 11.8 Å². The summed E-state index contributed by atoms with van der Waals surface area (Å²) in [6, 6.07) is 4.14. The highest BCUT2D eigenvalue weighted by Crippen LogP contribution is 2.31. The van der Waals surface area contributed by atoms with Crippen LogP contribution in [0.4, 0.5) is 4.39 Å². The summed E-state index contributed by atoms with van der Waals surface area (Å²) >= 11 is 1.19. The average Bonchev–Trinajstić information content (AvgIpc) is 2.63. The molecule has 1 heterocycles. The average molecular weight is 269 g/mol. The Morgan fingerprint density at radius 2 is 2.28 bits per heavy atom. The number of hydrogen-bond acceptors (Lipinski definition) is 4. The fourth-order valence-electron chi connectivity index (χ4n) is 1.46. The van der Waals surface area contributed by atoms with E-state index in [1.165, 1.54) is 28.5 Å². The number of aliphatic hydroxyl groups excluding tert-OH is 1. The molecular formula is C11H12FN3O2S. The van der Waals surface area contributed by atoms with Crippen molar-refractivity contribution in [3.8, 4) is 0 Å². The van der Waals surface area contributed by atoms with E-state index in [9.17, 15) is 14.3 Å². The van der Waals surface area contributed by atoms with Gasteiger partial charge in [0.05, 0.1) is 6.10 Å². The molecule has 1 aromatic heterocycles. The van der Waals surface area contributed by atoms with E-state index in [2.05, 4.69) is 10.2 Å². The monoisotopic (exact) mass is 269 g/mol. The van der Waals surface area contributed by atoms with Crippen LogP contribution < -0.4 is 5.69 Å². The first-order valence-electron chi connectivity index (χ1n) is 5.26. The van der Waals surface area contributed by atoms with Crippen LogP contribution in [0.25, 0.3) is 0 Å². The lowest BCUT2D eigenvalue weighted by atomic mass is 10.1. The number of aromatic amines is 1. The van der Waals surface area contributed by atoms with Crippen molar-refractivity contribution in [2.24, 2.45) is 7.05 Å². The number of aromatic nitrogens is 3. The molecule has 1 aromatic carbocycles. The summed E-state index contributed by atoms with van der Waals surface area (Å²) in [5.41, 5.74) is 0.147. The molecule has 0 radical (unpaired) electrons. The summed E-state index contributed by atoms with van der Waals surface area (Å²) in [7, 11) is 1.58. The molecule has 1 atom stereocenters. The Kier molecular flexibility index (Phi) is 3.53. The van der Waals surface area contributed by atoms with Gasteiger partial charge in [-0.15, -0.1) is 5.10 Å². The Bertz CT molecular complexity index is 621. The van der Waals surface area contributed by atoms with E-state index in [1.54, 1.807) is 20.0 Å². The van der Waals surface area contributed by atoms with E-state index >= 15 is 0 Å². The summed E-state index contributed by atoms with van der Waals surface area (Å²) in [5.74, 6) is -0.411. The molecule has 0 saturated carbocycles. The Hall–Kier alpha value is -1.60. The van der Waals surface area contributed by atoms with Crippen LogP contribution in [-0.2, 0) is 7.05 Å². The third kappa shape index (κ3) is 2.46. The predicted molar refractivity (Wildman–Crippen MR) is 65.0 cm³/mol. The minimum absolute atomic E-state index is 0.321. The van der Waals surface area contributed by atoms with E-state index in [-0.39, 0.29) is 5.69 Å². The first-order chi connectivity index (χ1) is 8.49. The Morgan fingerprint density at radius 3 is 2.83 bits per heavy atom. The van der Waals surface area contributed by atoms with Crippen LogP contribution in [0.3, 0.4) is 0 Å². The Balaban J connectivity index is 2.40. The van der Waals surface area contributed by atoms with Crippen molar-refractivity contribution >= 4 is 11.8 Å². The van der Waals surface area contributed by atoms with Gasteiger partial charge in [-0.05, 0) is 42.4 Å². The van der Waals surface area contributed by atoms with Gasteiger partial charge in [-0.25, -0.2) is 14.3 Å². The number of nitrogens with zero attached hydrogens (tertiary/aromatic N) is 2. The van der Waals surface area contributed by atoms with E-state index in [0.29, 0.717) is 15.6 Å². The zero-order valence-electron chi connectivity index (χ0n) is 9.85. The topological polar surface area (TPSA) is 70.9 Å². The van der Waals surface area contributed by atoms with Gasteiger partial charge >= 0.3 is 5.69 Å². The largest absolute Gasteiger partial charge is 0.389 e. The molecule has 0 aliphatic carbocycles. The molecule has 7 heteroatoms. The molecule has 0 unspecified atom stereocenters. The minimum Gasteiger partial charge on any atom is -0.389 e. The molecule has 2 aromatic rings. The third-order valence-corrected chi connectivity index (χ3v) is 3.60. The van der Waals surface area contributed by atoms with E-state index in [4.69, 9.17) is 0 Å². The first kappa shape index (κ1) is 12.8. The molecule has 0 aliphatic heterocycles. The summed E-state index contributed by atoms with van der Waals surface area (Å²) < 4.78 is 14.5. The second-order valence-corrected chi connectivity index (χ2v) is 4.84. The third-order valence-electron chi connectivity index (χ3n) is 2.46. The minimum atomic E-state index is -0.792. The standard InChI is InChI=1S/C11H12FN3O2S/c1-6(16)8-5-7(12)3-4-9(8)18-11-14-13-10(17)15(11)2/h3-6,16H,1-2H3,(H,13,17)/t6-/m1/s1. The van der Waals surface area contributed by atoms with Crippen molar-refractivity contribution in [1.82, 2.24) is 14.8 Å². The molecule has 0 spiro atoms. The van der Waals surface area contributed by atoms with Crippen molar-refractivity contribution in [3.05, 3.63) is 40.1 Å². The van der Waals surface area contributed by atoms with E-state index in [1.807, 2.05) is 0 Å². The molecule has 0 aliphatic rings. The molecule has 18 heavy (non-hydrogen) atoms. The number of nitrogens with one attached hydrogen (secondary N) is 1. The fourth-order valence-corrected chi connectivity index (χ4v) is 2.45. The van der Waals surface area contributed by atoms with Crippen molar-refractivity contribution in [2.75, 3.05) is 0 Å². The zero-order valence-corrected chi connectivity index (χ0v) is 10.7. The van der Waals surface area contributed by atoms with Gasteiger partial charge in [0.25, 0.3) is 0 Å². The quantitative estimate of drug-likeness (QED) is 0.884. The number of H-pyrrole nitrogens is 1. The Labute approximate surface area is 107 Å². The van der Waals surface area contributed by atoms with Gasteiger partial charge in [-0.2, -0.15) is 0 Å². The van der Waals surface area contributed by atoms with Gasteiger partial charge in [0.15, 0.2) is 5.16 Å². The molecule has 96 valence electrons. The van der Waals surface area contributed by atoms with Crippen LogP contribution in [0, 0.1) is 5.82 Å². The predicted octanol–water partition coefficient (Wildman–Crippen LogP) is 1.45. The van der Waals surface area contributed by atoms with Gasteiger partial charge in [-0.3, -0.25) is 4.57 Å². The van der Waals surface area contributed by atoms with Crippen molar-refractivity contribution in [1.29, 1.82) is 0 Å². The highest BCUT2D eigenvalue weighted by Gasteiger charge is 2.13. The molecule has 2 N–H and O–H groups in total. The lowest BCUT2D eigenvalue weighted by Crippen LogP contribution is -2.12. The van der Waals surface area contributed by atoms with E-state index < -0.39 is 11.9 Å². The van der Waals surface area contributed by atoms with Gasteiger partial charge in [0.1, 0.15) is 5.82 Å². The lowest BCUT2D eigenvalue weighted by molar-refractivity contribution is 0.196. The number of halogens is 1. The summed E-state index contributed by atoms with van der Waals surface area (Å²) in [5, 5.41) is 16.2. The molecule has 2 rings (SSSR count). The van der Waals surface area contributed by atoms with Gasteiger partial charge < -0.3 is 5.11 Å². The van der Waals surface area contributed by atoms with E-state index in [0.717, 1.165) is 0 Å². The van der Waals surface area contributed by atoms with Gasteiger partial charge in [0, 0.05) is 11.9 Å². The SMILES string of the molecule is C[C@@H](O)c1cc(F)ccc1Sc1n[nH]c(=O)n1C. The number of rotatable bonds is 3. The second kappa shape index (κ2) is 4.95. The number of benzene rings is 1. The maximum Gasteiger partial charge on any atom is 0.343 e. The number of aliphatic hydroxyl groups is 1. The normalized spacial score (nSPS) is 12.7. The van der Waals surface area contributed by atoms with Crippen molar-refractivity contribution < 1.29 is 9.50 Å². The van der Waals surface area contributed by atoms with Crippen LogP contribution in [0.5, 0.6) is 0 Å². The van der Waals surface area contributed by atoms with Gasteiger partial charge in [-0.1, -0.05) is 0 Å². The molecule has 0 bridgehead atoms. The maximum absolute atomic E-state index is 13.1. The van der Waals surface area contributed by atoms with Crippen LogP contribution in [0.2, 0.25) is 0 Å². The fraction of sp³-hybridized carbons (Fsp3) is 0.273. The lowest BCUT2D eigenvalue weighted by Gasteiger charge is -2.10. The van der Waals surface area contributed by atoms with Crippen LogP contribution in [0.15, 0.2) is 33.0 Å².